The molecule has 0 saturated carbocycles. The molecule has 11 heteroatoms. The summed E-state index contributed by atoms with van der Waals surface area (Å²) in [6.07, 6.45) is 0.310. The number of nitrogens with one attached hydrogen (secondary N) is 1. The van der Waals surface area contributed by atoms with Crippen molar-refractivity contribution in [1.29, 1.82) is 0 Å². The first-order valence-corrected chi connectivity index (χ1v) is 14.5. The van der Waals surface area contributed by atoms with Crippen LogP contribution in [0.2, 0.25) is 10.0 Å². The van der Waals surface area contributed by atoms with Crippen molar-refractivity contribution in [2.75, 3.05) is 24.5 Å². The quantitative estimate of drug-likeness (QED) is 0.314. The zero-order valence-corrected chi connectivity index (χ0v) is 24.3. The second kappa shape index (κ2) is 13.7. The van der Waals surface area contributed by atoms with Gasteiger partial charge in [0.2, 0.25) is 11.8 Å². The minimum absolute atomic E-state index is 0.0140. The molecule has 0 bridgehead atoms. The molecule has 208 valence electrons. The van der Waals surface area contributed by atoms with Gasteiger partial charge in [0, 0.05) is 23.1 Å². The highest BCUT2D eigenvalue weighted by atomic mass is 35.5. The van der Waals surface area contributed by atoms with Crippen LogP contribution in [0.15, 0.2) is 77.7 Å². The summed E-state index contributed by atoms with van der Waals surface area (Å²) >= 11 is 12.6. The van der Waals surface area contributed by atoms with E-state index in [1.807, 2.05) is 0 Å². The number of nitrogens with zero attached hydrogens (tertiary/aromatic N) is 2. The van der Waals surface area contributed by atoms with Crippen molar-refractivity contribution in [1.82, 2.24) is 10.2 Å². The lowest BCUT2D eigenvalue weighted by molar-refractivity contribution is -0.140. The standard InChI is InChI=1S/C28H31Cl2N3O5S/c1-4-26(28(35)31-5-2)32(18-20-9-6-7-12-25(20)30)27(34)19-33(22-11-8-10-21(29)17-22)39(36,37)24-15-13-23(38-3)14-16-24/h6-17,26H,4-5,18-19H2,1-3H3,(H,31,35)/t26-/m1/s1. The van der Waals surface area contributed by atoms with Gasteiger partial charge in [0.15, 0.2) is 0 Å². The lowest BCUT2D eigenvalue weighted by Gasteiger charge is -2.33. The Labute approximate surface area is 239 Å². The molecule has 0 spiro atoms. The first kappa shape index (κ1) is 30.3. The van der Waals surface area contributed by atoms with Crippen molar-refractivity contribution in [2.45, 2.75) is 37.8 Å². The number of methoxy groups -OCH3 is 1. The van der Waals surface area contributed by atoms with E-state index in [1.54, 1.807) is 56.3 Å². The van der Waals surface area contributed by atoms with Crippen LogP contribution in [0.4, 0.5) is 5.69 Å². The van der Waals surface area contributed by atoms with E-state index in [2.05, 4.69) is 5.32 Å². The number of amides is 2. The third-order valence-corrected chi connectivity index (χ3v) is 8.45. The molecule has 0 aromatic heterocycles. The maximum absolute atomic E-state index is 14.0. The minimum Gasteiger partial charge on any atom is -0.497 e. The molecule has 0 heterocycles. The lowest BCUT2D eigenvalue weighted by Crippen LogP contribution is -2.52. The van der Waals surface area contributed by atoms with E-state index in [-0.39, 0.29) is 23.0 Å². The molecule has 0 radical (unpaired) electrons. The highest BCUT2D eigenvalue weighted by Gasteiger charge is 2.34. The topological polar surface area (TPSA) is 96.0 Å². The van der Waals surface area contributed by atoms with Crippen molar-refractivity contribution in [3.8, 4) is 5.75 Å². The summed E-state index contributed by atoms with van der Waals surface area (Å²) in [4.78, 5) is 28.3. The van der Waals surface area contributed by atoms with Crippen LogP contribution in [0.5, 0.6) is 5.75 Å². The van der Waals surface area contributed by atoms with Crippen molar-refractivity contribution in [3.63, 3.8) is 0 Å². The predicted octanol–water partition coefficient (Wildman–Crippen LogP) is 5.14. The summed E-state index contributed by atoms with van der Waals surface area (Å²) in [5, 5.41) is 3.50. The zero-order chi connectivity index (χ0) is 28.6. The van der Waals surface area contributed by atoms with E-state index in [9.17, 15) is 18.0 Å². The van der Waals surface area contributed by atoms with Gasteiger partial charge in [-0.25, -0.2) is 8.42 Å². The number of anilines is 1. The third-order valence-electron chi connectivity index (χ3n) is 6.06. The SMILES string of the molecule is CCNC(=O)[C@@H](CC)N(Cc1ccccc1Cl)C(=O)CN(c1cccc(Cl)c1)S(=O)(=O)c1ccc(OC)cc1. The molecule has 3 aromatic rings. The molecule has 0 unspecified atom stereocenters. The molecular weight excluding hydrogens is 561 g/mol. The van der Waals surface area contributed by atoms with E-state index < -0.39 is 28.5 Å². The Kier molecular flexibility index (Phi) is 10.6. The average molecular weight is 593 g/mol. The highest BCUT2D eigenvalue weighted by Crippen LogP contribution is 2.28. The number of likely N-dealkylation sites (N-methyl/N-ethyl adjacent to an activating group) is 1. The Morgan fingerprint density at radius 2 is 1.67 bits per heavy atom. The molecular formula is C28H31Cl2N3O5S. The number of sulfonamides is 1. The number of benzene rings is 3. The van der Waals surface area contributed by atoms with Crippen LogP contribution in [0.1, 0.15) is 25.8 Å². The number of hydrogen-bond acceptors (Lipinski definition) is 5. The summed E-state index contributed by atoms with van der Waals surface area (Å²) < 4.78 is 33.9. The Morgan fingerprint density at radius 3 is 2.26 bits per heavy atom. The molecule has 1 atom stereocenters. The summed E-state index contributed by atoms with van der Waals surface area (Å²) in [6.45, 7) is 3.39. The first-order chi connectivity index (χ1) is 18.6. The number of carbonyl (C=O) groups excluding carboxylic acids is 2. The molecule has 39 heavy (non-hydrogen) atoms. The number of halogens is 2. The predicted molar refractivity (Wildman–Crippen MR) is 154 cm³/mol. The molecule has 0 aliphatic rings. The normalized spacial score (nSPS) is 11.9. The van der Waals surface area contributed by atoms with Gasteiger partial charge in [-0.2, -0.15) is 0 Å². The Bertz CT molecular complexity index is 1400. The van der Waals surface area contributed by atoms with Crippen LogP contribution in [0.25, 0.3) is 0 Å². The molecule has 1 N–H and O–H groups in total. The van der Waals surface area contributed by atoms with Crippen LogP contribution in [0, 0.1) is 0 Å². The molecule has 0 aliphatic heterocycles. The van der Waals surface area contributed by atoms with Gasteiger partial charge in [0.1, 0.15) is 18.3 Å². The second-order valence-corrected chi connectivity index (χ2v) is 11.3. The summed E-state index contributed by atoms with van der Waals surface area (Å²) in [5.41, 5.74) is 0.831. The largest absolute Gasteiger partial charge is 0.497 e. The molecule has 2 amide bonds. The van der Waals surface area contributed by atoms with Gasteiger partial charge in [0.05, 0.1) is 17.7 Å². The number of hydrogen-bond donors (Lipinski definition) is 1. The van der Waals surface area contributed by atoms with E-state index in [4.69, 9.17) is 27.9 Å². The van der Waals surface area contributed by atoms with Gasteiger partial charge in [-0.3, -0.25) is 13.9 Å². The number of rotatable bonds is 12. The monoisotopic (exact) mass is 591 g/mol. The Hall–Kier alpha value is -3.27. The fourth-order valence-corrected chi connectivity index (χ4v) is 5.84. The van der Waals surface area contributed by atoms with Crippen molar-refractivity contribution >= 4 is 50.7 Å². The number of carbonyl (C=O) groups is 2. The van der Waals surface area contributed by atoms with E-state index in [0.29, 0.717) is 34.3 Å². The van der Waals surface area contributed by atoms with E-state index >= 15 is 0 Å². The summed E-state index contributed by atoms with van der Waals surface area (Å²) in [5.74, 6) is -0.434. The van der Waals surface area contributed by atoms with Crippen molar-refractivity contribution in [3.05, 3.63) is 88.4 Å². The third kappa shape index (κ3) is 7.44. The van der Waals surface area contributed by atoms with Crippen LogP contribution >= 0.6 is 23.2 Å². The van der Waals surface area contributed by atoms with Gasteiger partial charge in [0.25, 0.3) is 10.0 Å². The van der Waals surface area contributed by atoms with Crippen LogP contribution in [-0.2, 0) is 26.2 Å². The fraction of sp³-hybridized carbons (Fsp3) is 0.286. The number of ether oxygens (including phenoxy) is 1. The Morgan fingerprint density at radius 1 is 0.974 bits per heavy atom. The van der Waals surface area contributed by atoms with Gasteiger partial charge in [-0.15, -0.1) is 0 Å². The minimum atomic E-state index is -4.22. The smallest absolute Gasteiger partial charge is 0.264 e. The van der Waals surface area contributed by atoms with Crippen LogP contribution in [0.3, 0.4) is 0 Å². The van der Waals surface area contributed by atoms with Crippen molar-refractivity contribution in [2.24, 2.45) is 0 Å². The zero-order valence-electron chi connectivity index (χ0n) is 21.9. The second-order valence-electron chi connectivity index (χ2n) is 8.60. The van der Waals surface area contributed by atoms with Crippen LogP contribution < -0.4 is 14.4 Å². The molecule has 0 saturated heterocycles. The first-order valence-electron chi connectivity index (χ1n) is 12.3. The maximum atomic E-state index is 14.0. The van der Waals surface area contributed by atoms with E-state index in [1.165, 1.54) is 42.3 Å². The van der Waals surface area contributed by atoms with E-state index in [0.717, 1.165) is 4.31 Å². The van der Waals surface area contributed by atoms with Crippen molar-refractivity contribution < 1.29 is 22.7 Å². The Balaban J connectivity index is 2.07. The average Bonchev–Trinajstić information content (AvgIpc) is 2.92. The van der Waals surface area contributed by atoms with Gasteiger partial charge >= 0.3 is 0 Å². The fourth-order valence-electron chi connectivity index (χ4n) is 4.06. The maximum Gasteiger partial charge on any atom is 0.264 e. The molecule has 3 rings (SSSR count). The van der Waals surface area contributed by atoms with Gasteiger partial charge in [-0.1, -0.05) is 54.4 Å². The molecule has 3 aromatic carbocycles. The molecule has 8 nitrogen and oxygen atoms in total. The summed E-state index contributed by atoms with van der Waals surface area (Å²) in [7, 11) is -2.74. The lowest BCUT2D eigenvalue weighted by atomic mass is 10.1. The summed E-state index contributed by atoms with van der Waals surface area (Å²) in [6, 6.07) is 18.2. The molecule has 0 aliphatic carbocycles. The van der Waals surface area contributed by atoms with Gasteiger partial charge in [-0.05, 0) is 67.4 Å². The molecule has 0 fully saturated rings. The highest BCUT2D eigenvalue weighted by molar-refractivity contribution is 7.92. The van der Waals surface area contributed by atoms with Crippen LogP contribution in [-0.4, -0.2) is 51.4 Å². The van der Waals surface area contributed by atoms with Gasteiger partial charge < -0.3 is 15.0 Å².